The Hall–Kier alpha value is -9.54. The molecular formula is C66H52O10. The van der Waals surface area contributed by atoms with Gasteiger partial charge in [-0.1, -0.05) is 170 Å². The van der Waals surface area contributed by atoms with Crippen LogP contribution in [0.3, 0.4) is 0 Å². The standard InChI is InChI=1S/C66H52O10/c1-2-69-50-32-24-46(25-33-50)65(59-20-10-6-16-55(59)56-17-7-11-21-60(56)65)47-26-34-51(35-27-47)70-40-43-73-63(67)74-44-41-71-52-36-28-48(29-37-52)66(61-22-12-8-18-57(61)58-19-9-13-23-62(58)66)49-30-38-53(39-31-49)72-42-45-75-64(68)76-54-14-4-3-5-15-54/h2-39H,1,40-45H2. The zero-order valence-electron chi connectivity index (χ0n) is 41.5. The van der Waals surface area contributed by atoms with Gasteiger partial charge in [0, 0.05) is 0 Å². The van der Waals surface area contributed by atoms with E-state index in [4.69, 9.17) is 37.9 Å². The van der Waals surface area contributed by atoms with Gasteiger partial charge in [-0.15, -0.1) is 0 Å². The maximum atomic E-state index is 12.6. The Kier molecular flexibility index (Phi) is 14.0. The van der Waals surface area contributed by atoms with Gasteiger partial charge in [0.05, 0.1) is 17.1 Å². The predicted molar refractivity (Wildman–Crippen MR) is 291 cm³/mol. The summed E-state index contributed by atoms with van der Waals surface area (Å²) in [4.78, 5) is 24.8. The molecule has 76 heavy (non-hydrogen) atoms. The van der Waals surface area contributed by atoms with Gasteiger partial charge in [0.1, 0.15) is 68.4 Å². The summed E-state index contributed by atoms with van der Waals surface area (Å²) in [7, 11) is 0. The van der Waals surface area contributed by atoms with Crippen molar-refractivity contribution >= 4 is 12.3 Å². The summed E-state index contributed by atoms with van der Waals surface area (Å²) in [6, 6.07) is 75.2. The Balaban J connectivity index is 0.693. The van der Waals surface area contributed by atoms with Crippen LogP contribution in [0.2, 0.25) is 0 Å². The van der Waals surface area contributed by atoms with E-state index in [1.807, 2.05) is 54.6 Å². The fraction of sp³-hybridized carbons (Fsp3) is 0.121. The zero-order chi connectivity index (χ0) is 51.7. The molecule has 2 aliphatic rings. The summed E-state index contributed by atoms with van der Waals surface area (Å²) in [6.07, 6.45) is -0.172. The Bertz CT molecular complexity index is 3390. The molecule has 0 fully saturated rings. The largest absolute Gasteiger partial charge is 0.513 e. The number of carbonyl (C=O) groups is 2. The number of hydrogen-bond acceptors (Lipinski definition) is 10. The number of rotatable bonds is 19. The smallest absolute Gasteiger partial charge is 0.490 e. The van der Waals surface area contributed by atoms with Crippen LogP contribution in [0.25, 0.3) is 22.3 Å². The maximum Gasteiger partial charge on any atom is 0.513 e. The van der Waals surface area contributed by atoms with Gasteiger partial charge in [-0.2, -0.15) is 0 Å². The number of benzene rings is 9. The normalized spacial score (nSPS) is 12.9. The molecule has 0 aliphatic heterocycles. The number of hydrogen-bond donors (Lipinski definition) is 0. The molecule has 376 valence electrons. The molecule has 9 aromatic rings. The molecule has 10 nitrogen and oxygen atoms in total. The fourth-order valence-corrected chi connectivity index (χ4v) is 10.8. The quantitative estimate of drug-likeness (QED) is 0.0336. The lowest BCUT2D eigenvalue weighted by atomic mass is 9.68. The van der Waals surface area contributed by atoms with Crippen molar-refractivity contribution in [2.75, 3.05) is 39.6 Å². The van der Waals surface area contributed by atoms with Gasteiger partial charge in [-0.05, 0) is 127 Å². The van der Waals surface area contributed by atoms with Crippen LogP contribution in [0.4, 0.5) is 9.59 Å². The van der Waals surface area contributed by atoms with E-state index in [1.54, 1.807) is 24.3 Å². The Morgan fingerprint density at radius 2 is 0.632 bits per heavy atom. The minimum absolute atomic E-state index is 0.000980. The minimum atomic E-state index is -0.809. The van der Waals surface area contributed by atoms with Gasteiger partial charge in [-0.3, -0.25) is 0 Å². The molecule has 9 aromatic carbocycles. The van der Waals surface area contributed by atoms with E-state index in [1.165, 1.54) is 28.5 Å². The van der Waals surface area contributed by atoms with Crippen LogP contribution >= 0.6 is 0 Å². The van der Waals surface area contributed by atoms with Crippen molar-refractivity contribution in [3.8, 4) is 51.0 Å². The van der Waals surface area contributed by atoms with Crippen molar-refractivity contribution in [3.63, 3.8) is 0 Å². The molecule has 2 aliphatic carbocycles. The first-order valence-electron chi connectivity index (χ1n) is 25.1. The summed E-state index contributed by atoms with van der Waals surface area (Å²) >= 11 is 0. The third kappa shape index (κ3) is 9.37. The Morgan fingerprint density at radius 3 is 0.974 bits per heavy atom. The van der Waals surface area contributed by atoms with Crippen LogP contribution in [0.15, 0.2) is 237 Å². The van der Waals surface area contributed by atoms with Crippen LogP contribution in [-0.2, 0) is 25.0 Å². The molecule has 0 aromatic heterocycles. The van der Waals surface area contributed by atoms with E-state index in [-0.39, 0.29) is 39.6 Å². The first kappa shape index (κ1) is 48.7. The summed E-state index contributed by atoms with van der Waals surface area (Å²) in [5.74, 6) is 3.02. The monoisotopic (exact) mass is 1000 g/mol. The van der Waals surface area contributed by atoms with Crippen LogP contribution in [0.1, 0.15) is 44.5 Å². The van der Waals surface area contributed by atoms with Gasteiger partial charge >= 0.3 is 12.3 Å². The van der Waals surface area contributed by atoms with Gasteiger partial charge < -0.3 is 37.9 Å². The molecule has 0 atom stereocenters. The summed E-state index contributed by atoms with van der Waals surface area (Å²) in [5.41, 5.74) is 12.5. The van der Waals surface area contributed by atoms with Crippen LogP contribution < -0.4 is 23.7 Å². The number of carbonyl (C=O) groups excluding carboxylic acids is 2. The molecule has 11 rings (SSSR count). The van der Waals surface area contributed by atoms with E-state index in [2.05, 4.69) is 152 Å². The van der Waals surface area contributed by atoms with Crippen molar-refractivity contribution < 1.29 is 47.5 Å². The van der Waals surface area contributed by atoms with Crippen molar-refractivity contribution in [3.05, 3.63) is 282 Å². The fourth-order valence-electron chi connectivity index (χ4n) is 10.8. The van der Waals surface area contributed by atoms with Crippen LogP contribution in [0.5, 0.6) is 28.7 Å². The molecule has 0 bridgehead atoms. The van der Waals surface area contributed by atoms with E-state index in [9.17, 15) is 9.59 Å². The molecule has 0 N–H and O–H groups in total. The first-order valence-corrected chi connectivity index (χ1v) is 25.1. The van der Waals surface area contributed by atoms with E-state index >= 15 is 0 Å². The topological polar surface area (TPSA) is 108 Å². The first-order chi connectivity index (χ1) is 37.5. The molecule has 0 unspecified atom stereocenters. The highest BCUT2D eigenvalue weighted by Gasteiger charge is 2.47. The van der Waals surface area contributed by atoms with Gasteiger partial charge in [0.15, 0.2) is 0 Å². The highest BCUT2D eigenvalue weighted by atomic mass is 16.7. The van der Waals surface area contributed by atoms with Crippen molar-refractivity contribution in [2.45, 2.75) is 10.8 Å². The maximum absolute atomic E-state index is 12.6. The number of ether oxygens (including phenoxy) is 8. The zero-order valence-corrected chi connectivity index (χ0v) is 41.5. The van der Waals surface area contributed by atoms with Crippen molar-refractivity contribution in [1.29, 1.82) is 0 Å². The third-order valence-electron chi connectivity index (χ3n) is 13.9. The highest BCUT2D eigenvalue weighted by molar-refractivity contribution is 5.87. The number of fused-ring (bicyclic) bond motifs is 6. The predicted octanol–water partition coefficient (Wildman–Crippen LogP) is 14.1. The van der Waals surface area contributed by atoms with E-state index in [0.717, 1.165) is 44.5 Å². The van der Waals surface area contributed by atoms with Gasteiger partial charge in [0.2, 0.25) is 0 Å². The SMILES string of the molecule is C=COc1ccc(C2(c3ccc(OCCOC(=O)OCCOc4ccc(C5(c6ccc(OCCOC(=O)Oc7ccccc7)cc6)c6ccccc6-c6ccccc65)cc4)cc3)c3ccccc3-c3ccccc32)cc1. The Morgan fingerprint density at radius 1 is 0.329 bits per heavy atom. The lowest BCUT2D eigenvalue weighted by molar-refractivity contribution is 0.0383. The Labute approximate surface area is 441 Å². The molecule has 0 spiro atoms. The second-order valence-electron chi connectivity index (χ2n) is 18.1. The van der Waals surface area contributed by atoms with E-state index < -0.39 is 23.1 Å². The second-order valence-corrected chi connectivity index (χ2v) is 18.1. The average molecular weight is 1010 g/mol. The van der Waals surface area contributed by atoms with E-state index in [0.29, 0.717) is 28.7 Å². The molecule has 10 heteroatoms. The minimum Gasteiger partial charge on any atom is -0.490 e. The molecule has 0 saturated heterocycles. The van der Waals surface area contributed by atoms with Crippen LogP contribution in [0, 0.1) is 0 Å². The molecule has 0 saturated carbocycles. The molecule has 0 amide bonds. The molecule has 0 radical (unpaired) electrons. The highest BCUT2D eigenvalue weighted by Crippen LogP contribution is 2.58. The third-order valence-corrected chi connectivity index (χ3v) is 13.9. The van der Waals surface area contributed by atoms with Crippen molar-refractivity contribution in [1.82, 2.24) is 0 Å². The summed E-state index contributed by atoms with van der Waals surface area (Å²) in [5, 5.41) is 0. The summed E-state index contributed by atoms with van der Waals surface area (Å²) in [6.45, 7) is 4.13. The van der Waals surface area contributed by atoms with Gasteiger partial charge in [-0.25, -0.2) is 9.59 Å². The van der Waals surface area contributed by atoms with Crippen molar-refractivity contribution in [2.24, 2.45) is 0 Å². The summed E-state index contributed by atoms with van der Waals surface area (Å²) < 4.78 is 44.8. The molecule has 0 heterocycles. The lowest BCUT2D eigenvalue weighted by Gasteiger charge is -2.34. The number of para-hydroxylation sites is 1. The average Bonchev–Trinajstić information content (AvgIpc) is 4.04. The van der Waals surface area contributed by atoms with Crippen LogP contribution in [-0.4, -0.2) is 52.0 Å². The second kappa shape index (κ2) is 21.9. The lowest BCUT2D eigenvalue weighted by Crippen LogP contribution is -2.28. The van der Waals surface area contributed by atoms with Gasteiger partial charge in [0.25, 0.3) is 0 Å². The molecular weight excluding hydrogens is 953 g/mol.